The average Bonchev–Trinajstić information content (AvgIpc) is 2.95. The molecule has 6 heteroatoms. The van der Waals surface area contributed by atoms with Crippen molar-refractivity contribution in [2.45, 2.75) is 13.5 Å². The molecule has 2 aliphatic rings. The summed E-state index contributed by atoms with van der Waals surface area (Å²) in [5, 5.41) is 0. The number of rotatable bonds is 4. The second kappa shape index (κ2) is 7.32. The van der Waals surface area contributed by atoms with E-state index in [0.29, 0.717) is 37.8 Å². The molecule has 0 aromatic heterocycles. The van der Waals surface area contributed by atoms with Gasteiger partial charge in [-0.05, 0) is 23.6 Å². The molecule has 3 rings (SSSR count). The summed E-state index contributed by atoms with van der Waals surface area (Å²) >= 11 is 0. The topological polar surface area (TPSA) is 75.9 Å². The number of nitrogens with two attached hydrogens (primary N) is 1. The second-order valence-electron chi connectivity index (χ2n) is 6.78. The highest BCUT2D eigenvalue weighted by Gasteiger charge is 2.37. The number of carbonyl (C=O) groups is 2. The minimum atomic E-state index is -0.410. The number of primary amides is 1. The average molecular weight is 331 g/mol. The first-order chi connectivity index (χ1) is 11.5. The minimum absolute atomic E-state index is 0.0630. The van der Waals surface area contributed by atoms with E-state index in [1.807, 2.05) is 17.0 Å². The van der Waals surface area contributed by atoms with Gasteiger partial charge in [0.2, 0.25) is 11.8 Å². The molecule has 1 aromatic rings. The monoisotopic (exact) mass is 331 g/mol. The third-order valence-electron chi connectivity index (χ3n) is 4.97. The standard InChI is InChI=1S/C18H25N3O3/c1-13-10-20(11-14-2-4-15(5-3-14)17(19)22)12-16(13)18(23)21-6-8-24-9-7-21/h2-5,13,16H,6-12H2,1H3,(H2,19,22)/t13-,16-/m1/s1. The number of hydrogen-bond acceptors (Lipinski definition) is 4. The normalized spacial score (nSPS) is 25.0. The zero-order valence-corrected chi connectivity index (χ0v) is 14.1. The van der Waals surface area contributed by atoms with Crippen LogP contribution in [0.5, 0.6) is 0 Å². The number of nitrogens with zero attached hydrogens (tertiary/aromatic N) is 2. The van der Waals surface area contributed by atoms with Crippen LogP contribution in [0.3, 0.4) is 0 Å². The molecule has 0 saturated carbocycles. The molecule has 0 radical (unpaired) electrons. The van der Waals surface area contributed by atoms with Crippen molar-refractivity contribution in [1.82, 2.24) is 9.80 Å². The lowest BCUT2D eigenvalue weighted by Crippen LogP contribution is -2.45. The zero-order valence-electron chi connectivity index (χ0n) is 14.1. The number of likely N-dealkylation sites (tertiary alicyclic amines) is 1. The zero-order chi connectivity index (χ0) is 17.1. The molecule has 2 atom stereocenters. The van der Waals surface area contributed by atoms with Crippen molar-refractivity contribution < 1.29 is 14.3 Å². The Kier molecular flexibility index (Phi) is 5.16. The largest absolute Gasteiger partial charge is 0.378 e. The molecule has 2 aliphatic heterocycles. The van der Waals surface area contributed by atoms with Crippen LogP contribution >= 0.6 is 0 Å². The number of amides is 2. The van der Waals surface area contributed by atoms with E-state index in [4.69, 9.17) is 10.5 Å². The van der Waals surface area contributed by atoms with Crippen LogP contribution in [0.25, 0.3) is 0 Å². The molecule has 0 bridgehead atoms. The van der Waals surface area contributed by atoms with Crippen molar-refractivity contribution in [2.24, 2.45) is 17.6 Å². The van der Waals surface area contributed by atoms with E-state index in [1.165, 1.54) is 0 Å². The number of benzene rings is 1. The van der Waals surface area contributed by atoms with E-state index in [1.54, 1.807) is 12.1 Å². The maximum absolute atomic E-state index is 12.7. The highest BCUT2D eigenvalue weighted by Crippen LogP contribution is 2.26. The predicted octanol–water partition coefficient (Wildman–Crippen LogP) is 0.712. The lowest BCUT2D eigenvalue weighted by atomic mass is 9.96. The molecule has 130 valence electrons. The maximum atomic E-state index is 12.7. The summed E-state index contributed by atoms with van der Waals surface area (Å²) in [6.45, 7) is 7.33. The first kappa shape index (κ1) is 16.9. The fourth-order valence-electron chi connectivity index (χ4n) is 3.57. The van der Waals surface area contributed by atoms with Gasteiger partial charge in [0.15, 0.2) is 0 Å². The molecule has 24 heavy (non-hydrogen) atoms. The lowest BCUT2D eigenvalue weighted by molar-refractivity contribution is -0.140. The first-order valence-electron chi connectivity index (χ1n) is 8.52. The highest BCUT2D eigenvalue weighted by atomic mass is 16.5. The van der Waals surface area contributed by atoms with Crippen molar-refractivity contribution in [2.75, 3.05) is 39.4 Å². The summed E-state index contributed by atoms with van der Waals surface area (Å²) < 4.78 is 5.33. The summed E-state index contributed by atoms with van der Waals surface area (Å²) in [6.07, 6.45) is 0. The van der Waals surface area contributed by atoms with Crippen molar-refractivity contribution in [1.29, 1.82) is 0 Å². The lowest BCUT2D eigenvalue weighted by Gasteiger charge is -2.30. The Balaban J connectivity index is 1.58. The molecular weight excluding hydrogens is 306 g/mol. The van der Waals surface area contributed by atoms with Crippen molar-refractivity contribution >= 4 is 11.8 Å². The molecule has 2 amide bonds. The van der Waals surface area contributed by atoms with E-state index in [9.17, 15) is 9.59 Å². The van der Waals surface area contributed by atoms with Gasteiger partial charge in [0.1, 0.15) is 0 Å². The van der Waals surface area contributed by atoms with Gasteiger partial charge in [-0.3, -0.25) is 14.5 Å². The molecule has 1 aromatic carbocycles. The molecular formula is C18H25N3O3. The summed E-state index contributed by atoms with van der Waals surface area (Å²) in [6, 6.07) is 7.38. The number of ether oxygens (including phenoxy) is 1. The van der Waals surface area contributed by atoms with Gasteiger partial charge in [0.05, 0.1) is 19.1 Å². The third-order valence-corrected chi connectivity index (χ3v) is 4.97. The van der Waals surface area contributed by atoms with Crippen LogP contribution in [-0.4, -0.2) is 61.0 Å². The Morgan fingerprint density at radius 1 is 1.17 bits per heavy atom. The van der Waals surface area contributed by atoms with Crippen LogP contribution in [0.4, 0.5) is 0 Å². The number of carbonyl (C=O) groups excluding carboxylic acids is 2. The van der Waals surface area contributed by atoms with E-state index >= 15 is 0 Å². The summed E-state index contributed by atoms with van der Waals surface area (Å²) in [7, 11) is 0. The first-order valence-corrected chi connectivity index (χ1v) is 8.52. The van der Waals surface area contributed by atoms with Gasteiger partial charge >= 0.3 is 0 Å². The predicted molar refractivity (Wildman–Crippen MR) is 90.3 cm³/mol. The van der Waals surface area contributed by atoms with E-state index in [0.717, 1.165) is 25.2 Å². The van der Waals surface area contributed by atoms with Crippen molar-refractivity contribution in [3.63, 3.8) is 0 Å². The van der Waals surface area contributed by atoms with Gasteiger partial charge in [-0.25, -0.2) is 0 Å². The number of morpholine rings is 1. The molecule has 2 fully saturated rings. The summed E-state index contributed by atoms with van der Waals surface area (Å²) in [5.74, 6) is 0.267. The van der Waals surface area contributed by atoms with Gasteiger partial charge in [-0.2, -0.15) is 0 Å². The van der Waals surface area contributed by atoms with E-state index in [2.05, 4.69) is 11.8 Å². The van der Waals surface area contributed by atoms with Crippen LogP contribution in [0.15, 0.2) is 24.3 Å². The SMILES string of the molecule is C[C@@H]1CN(Cc2ccc(C(N)=O)cc2)C[C@H]1C(=O)N1CCOCC1. The summed E-state index contributed by atoms with van der Waals surface area (Å²) in [4.78, 5) is 28.1. The fraction of sp³-hybridized carbons (Fsp3) is 0.556. The van der Waals surface area contributed by atoms with Gasteiger partial charge in [0.25, 0.3) is 0 Å². The Morgan fingerprint density at radius 3 is 2.46 bits per heavy atom. The molecule has 2 heterocycles. The molecule has 0 aliphatic carbocycles. The highest BCUT2D eigenvalue weighted by molar-refractivity contribution is 5.92. The molecule has 6 nitrogen and oxygen atoms in total. The smallest absolute Gasteiger partial charge is 0.248 e. The van der Waals surface area contributed by atoms with Crippen LogP contribution in [-0.2, 0) is 16.1 Å². The molecule has 2 saturated heterocycles. The van der Waals surface area contributed by atoms with Crippen molar-refractivity contribution in [3.05, 3.63) is 35.4 Å². The van der Waals surface area contributed by atoms with Gasteiger partial charge < -0.3 is 15.4 Å². The fourth-order valence-corrected chi connectivity index (χ4v) is 3.57. The van der Waals surface area contributed by atoms with Gasteiger partial charge in [0, 0.05) is 38.3 Å². The Bertz CT molecular complexity index is 596. The van der Waals surface area contributed by atoms with Crippen LogP contribution in [0, 0.1) is 11.8 Å². The Morgan fingerprint density at radius 2 is 1.83 bits per heavy atom. The quantitative estimate of drug-likeness (QED) is 0.882. The molecule has 0 spiro atoms. The maximum Gasteiger partial charge on any atom is 0.248 e. The van der Waals surface area contributed by atoms with Crippen LogP contribution < -0.4 is 5.73 Å². The molecule has 0 unspecified atom stereocenters. The summed E-state index contributed by atoms with van der Waals surface area (Å²) in [5.41, 5.74) is 6.92. The van der Waals surface area contributed by atoms with Crippen LogP contribution in [0.2, 0.25) is 0 Å². The molecule has 2 N–H and O–H groups in total. The van der Waals surface area contributed by atoms with Gasteiger partial charge in [-0.1, -0.05) is 19.1 Å². The number of hydrogen-bond donors (Lipinski definition) is 1. The Hall–Kier alpha value is -1.92. The minimum Gasteiger partial charge on any atom is -0.378 e. The van der Waals surface area contributed by atoms with Crippen LogP contribution in [0.1, 0.15) is 22.8 Å². The third kappa shape index (κ3) is 3.76. The van der Waals surface area contributed by atoms with Gasteiger partial charge in [-0.15, -0.1) is 0 Å². The van der Waals surface area contributed by atoms with Crippen molar-refractivity contribution in [3.8, 4) is 0 Å². The second-order valence-corrected chi connectivity index (χ2v) is 6.78. The van der Waals surface area contributed by atoms with E-state index in [-0.39, 0.29) is 11.8 Å². The van der Waals surface area contributed by atoms with E-state index < -0.39 is 5.91 Å². The Labute approximate surface area is 142 Å².